The van der Waals surface area contributed by atoms with Gasteiger partial charge < -0.3 is 25.0 Å². The average molecular weight is 466 g/mol. The number of thiophene rings is 1. The van der Waals surface area contributed by atoms with Crippen LogP contribution in [0.15, 0.2) is 60.0 Å². The van der Waals surface area contributed by atoms with Gasteiger partial charge in [-0.2, -0.15) is 0 Å². The molecule has 0 aliphatic carbocycles. The second-order valence-electron chi connectivity index (χ2n) is 7.45. The number of anilines is 3. The summed E-state index contributed by atoms with van der Waals surface area (Å²) in [6, 6.07) is 15.7. The number of hydrogen-bond acceptors (Lipinski definition) is 6. The Bertz CT molecular complexity index is 1180. The average Bonchev–Trinajstić information content (AvgIpc) is 3.49. The number of carbonyl (C=O) groups is 3. The Balaban J connectivity index is 1.41. The predicted molar refractivity (Wildman–Crippen MR) is 127 cm³/mol. The van der Waals surface area contributed by atoms with Crippen molar-refractivity contribution < 1.29 is 23.9 Å². The summed E-state index contributed by atoms with van der Waals surface area (Å²) < 4.78 is 10.6. The van der Waals surface area contributed by atoms with E-state index in [4.69, 9.17) is 9.47 Å². The molecule has 3 aromatic rings. The largest absolute Gasteiger partial charge is 0.493 e. The van der Waals surface area contributed by atoms with Crippen LogP contribution in [-0.2, 0) is 9.59 Å². The second-order valence-corrected chi connectivity index (χ2v) is 8.39. The smallest absolute Gasteiger partial charge is 0.265 e. The highest BCUT2D eigenvalue weighted by molar-refractivity contribution is 7.12. The van der Waals surface area contributed by atoms with Crippen molar-refractivity contribution in [3.8, 4) is 11.5 Å². The highest BCUT2D eigenvalue weighted by Crippen LogP contribution is 2.34. The first-order chi connectivity index (χ1) is 16.0. The molecule has 1 unspecified atom stereocenters. The van der Waals surface area contributed by atoms with E-state index >= 15 is 0 Å². The van der Waals surface area contributed by atoms with Crippen LogP contribution in [0.4, 0.5) is 17.1 Å². The Hall–Kier alpha value is -3.85. The molecule has 1 aliphatic rings. The third-order valence-electron chi connectivity index (χ3n) is 5.31. The molecule has 2 heterocycles. The first kappa shape index (κ1) is 22.3. The van der Waals surface area contributed by atoms with Crippen LogP contribution in [0.2, 0.25) is 0 Å². The number of hydrogen-bond donors (Lipinski definition) is 2. The number of rotatable bonds is 7. The van der Waals surface area contributed by atoms with Gasteiger partial charge in [0.15, 0.2) is 11.5 Å². The Labute approximate surface area is 195 Å². The van der Waals surface area contributed by atoms with Gasteiger partial charge in [0, 0.05) is 36.1 Å². The fraction of sp³-hybridized carbons (Fsp3) is 0.208. The molecule has 0 bridgehead atoms. The van der Waals surface area contributed by atoms with Gasteiger partial charge in [0.2, 0.25) is 11.8 Å². The van der Waals surface area contributed by atoms with E-state index in [-0.39, 0.29) is 30.7 Å². The SMILES string of the molecule is COc1ccc(N2CC(C(=O)Nc3cccc(NC(=O)c4cccs4)c3)CC2=O)cc1OC. The molecule has 1 atom stereocenters. The van der Waals surface area contributed by atoms with E-state index in [1.165, 1.54) is 18.4 Å². The van der Waals surface area contributed by atoms with Crippen LogP contribution in [0, 0.1) is 5.92 Å². The van der Waals surface area contributed by atoms with Crippen molar-refractivity contribution in [2.75, 3.05) is 36.3 Å². The zero-order chi connectivity index (χ0) is 23.4. The summed E-state index contributed by atoms with van der Waals surface area (Å²) in [7, 11) is 3.07. The molecule has 1 fully saturated rings. The normalized spacial score (nSPS) is 15.3. The van der Waals surface area contributed by atoms with Gasteiger partial charge in [-0.1, -0.05) is 12.1 Å². The lowest BCUT2D eigenvalue weighted by Gasteiger charge is -2.18. The van der Waals surface area contributed by atoms with Crippen molar-refractivity contribution in [3.05, 3.63) is 64.9 Å². The predicted octanol–water partition coefficient (Wildman–Crippen LogP) is 4.01. The van der Waals surface area contributed by atoms with Gasteiger partial charge in [0.05, 0.1) is 25.0 Å². The first-order valence-electron chi connectivity index (χ1n) is 10.3. The van der Waals surface area contributed by atoms with Crippen molar-refractivity contribution >= 4 is 46.1 Å². The van der Waals surface area contributed by atoms with E-state index in [2.05, 4.69) is 10.6 Å². The van der Waals surface area contributed by atoms with Gasteiger partial charge in [-0.25, -0.2) is 0 Å². The van der Waals surface area contributed by atoms with Gasteiger partial charge in [0.25, 0.3) is 5.91 Å². The maximum absolute atomic E-state index is 12.9. The molecule has 2 aromatic carbocycles. The molecule has 3 amide bonds. The molecule has 4 rings (SSSR count). The molecular weight excluding hydrogens is 442 g/mol. The topological polar surface area (TPSA) is 97.0 Å². The van der Waals surface area contributed by atoms with E-state index in [9.17, 15) is 14.4 Å². The number of nitrogens with one attached hydrogen (secondary N) is 2. The number of amides is 3. The van der Waals surface area contributed by atoms with E-state index < -0.39 is 5.92 Å². The molecular formula is C24H23N3O5S. The van der Waals surface area contributed by atoms with E-state index in [1.54, 1.807) is 60.5 Å². The van der Waals surface area contributed by atoms with Crippen molar-refractivity contribution in [3.63, 3.8) is 0 Å². The van der Waals surface area contributed by atoms with Crippen LogP contribution in [0.5, 0.6) is 11.5 Å². The van der Waals surface area contributed by atoms with Crippen molar-refractivity contribution in [1.82, 2.24) is 0 Å². The molecule has 1 saturated heterocycles. The minimum atomic E-state index is -0.505. The third-order valence-corrected chi connectivity index (χ3v) is 6.18. The Morgan fingerprint density at radius 3 is 2.42 bits per heavy atom. The van der Waals surface area contributed by atoms with E-state index in [0.29, 0.717) is 33.4 Å². The summed E-state index contributed by atoms with van der Waals surface area (Å²) in [5, 5.41) is 7.51. The maximum atomic E-state index is 12.9. The lowest BCUT2D eigenvalue weighted by Crippen LogP contribution is -2.28. The van der Waals surface area contributed by atoms with Crippen molar-refractivity contribution in [1.29, 1.82) is 0 Å². The molecule has 0 saturated carbocycles. The van der Waals surface area contributed by atoms with Crippen molar-refractivity contribution in [2.45, 2.75) is 6.42 Å². The van der Waals surface area contributed by atoms with E-state index in [1.807, 2.05) is 11.4 Å². The van der Waals surface area contributed by atoms with Crippen molar-refractivity contribution in [2.24, 2.45) is 5.92 Å². The molecule has 8 nitrogen and oxygen atoms in total. The van der Waals surface area contributed by atoms with Crippen LogP contribution in [-0.4, -0.2) is 38.5 Å². The number of ether oxygens (including phenoxy) is 2. The standard InChI is InChI=1S/C24H23N3O5S/c1-31-19-9-8-18(13-20(19)32-2)27-14-15(11-22(27)28)23(29)25-16-5-3-6-17(12-16)26-24(30)21-7-4-10-33-21/h3-10,12-13,15H,11,14H2,1-2H3,(H,25,29)(H,26,30). The summed E-state index contributed by atoms with van der Waals surface area (Å²) in [6.45, 7) is 0.259. The Kier molecular flexibility index (Phi) is 6.60. The van der Waals surface area contributed by atoms with Crippen LogP contribution in [0.25, 0.3) is 0 Å². The van der Waals surface area contributed by atoms with Crippen LogP contribution < -0.4 is 25.0 Å². The number of nitrogens with zero attached hydrogens (tertiary/aromatic N) is 1. The summed E-state index contributed by atoms with van der Waals surface area (Å²) in [6.07, 6.45) is 0.106. The van der Waals surface area contributed by atoms with Gasteiger partial charge >= 0.3 is 0 Å². The molecule has 2 N–H and O–H groups in total. The summed E-state index contributed by atoms with van der Waals surface area (Å²) in [5.74, 6) is -0.0341. The monoisotopic (exact) mass is 465 g/mol. The number of benzene rings is 2. The van der Waals surface area contributed by atoms with E-state index in [0.717, 1.165) is 0 Å². The van der Waals surface area contributed by atoms with Gasteiger partial charge in [-0.15, -0.1) is 11.3 Å². The lowest BCUT2D eigenvalue weighted by atomic mass is 10.1. The highest BCUT2D eigenvalue weighted by Gasteiger charge is 2.35. The van der Waals surface area contributed by atoms with Gasteiger partial charge in [-0.05, 0) is 41.8 Å². The molecule has 0 spiro atoms. The minimum absolute atomic E-state index is 0.106. The Morgan fingerprint density at radius 1 is 0.970 bits per heavy atom. The molecule has 1 aliphatic heterocycles. The van der Waals surface area contributed by atoms with Crippen LogP contribution in [0.3, 0.4) is 0 Å². The zero-order valence-electron chi connectivity index (χ0n) is 18.2. The van der Waals surface area contributed by atoms with Gasteiger partial charge in [-0.3, -0.25) is 14.4 Å². The summed E-state index contributed by atoms with van der Waals surface area (Å²) in [4.78, 5) is 39.9. The highest BCUT2D eigenvalue weighted by atomic mass is 32.1. The number of carbonyl (C=O) groups excluding carboxylic acids is 3. The fourth-order valence-corrected chi connectivity index (χ4v) is 4.26. The molecule has 9 heteroatoms. The molecule has 0 radical (unpaired) electrons. The summed E-state index contributed by atoms with van der Waals surface area (Å²) in [5.41, 5.74) is 1.76. The molecule has 1 aromatic heterocycles. The van der Waals surface area contributed by atoms with Gasteiger partial charge in [0.1, 0.15) is 0 Å². The number of methoxy groups -OCH3 is 2. The Morgan fingerprint density at radius 2 is 1.73 bits per heavy atom. The maximum Gasteiger partial charge on any atom is 0.265 e. The second kappa shape index (κ2) is 9.74. The first-order valence-corrected chi connectivity index (χ1v) is 11.1. The van der Waals surface area contributed by atoms with Crippen LogP contribution in [0.1, 0.15) is 16.1 Å². The molecule has 33 heavy (non-hydrogen) atoms. The fourth-order valence-electron chi connectivity index (χ4n) is 3.65. The summed E-state index contributed by atoms with van der Waals surface area (Å²) >= 11 is 1.35. The minimum Gasteiger partial charge on any atom is -0.493 e. The van der Waals surface area contributed by atoms with Crippen LogP contribution >= 0.6 is 11.3 Å². The zero-order valence-corrected chi connectivity index (χ0v) is 19.0. The quantitative estimate of drug-likeness (QED) is 0.550. The third kappa shape index (κ3) is 4.98. The molecule has 170 valence electrons. The lowest BCUT2D eigenvalue weighted by molar-refractivity contribution is -0.122.